The van der Waals surface area contributed by atoms with Crippen molar-refractivity contribution in [2.45, 2.75) is 32.7 Å². The molecule has 2 aromatic carbocycles. The first-order valence-corrected chi connectivity index (χ1v) is 7.77. The zero-order valence-electron chi connectivity index (χ0n) is 12.7. The molecular weight excluding hydrogens is 262 g/mol. The number of phenolic OH excluding ortho intramolecular Hbond substituents is 1. The van der Waals surface area contributed by atoms with Crippen LogP contribution in [0.5, 0.6) is 5.75 Å². The summed E-state index contributed by atoms with van der Waals surface area (Å²) in [5.74, 6) is 0.840. The number of hydrogen-bond donors (Lipinski definition) is 3. The largest absolute Gasteiger partial charge is 0.508 e. The van der Waals surface area contributed by atoms with Gasteiger partial charge in [0.2, 0.25) is 0 Å². The zero-order valence-corrected chi connectivity index (χ0v) is 12.7. The second-order valence-corrected chi connectivity index (χ2v) is 5.58. The fraction of sp³-hybridized carbons (Fsp3) is 0.444. The van der Waals surface area contributed by atoms with E-state index in [4.69, 9.17) is 5.11 Å². The van der Waals surface area contributed by atoms with Crippen LogP contribution in [-0.4, -0.2) is 23.4 Å². The summed E-state index contributed by atoms with van der Waals surface area (Å²) in [4.78, 5) is 0. The van der Waals surface area contributed by atoms with Crippen molar-refractivity contribution in [3.8, 4) is 5.75 Å². The van der Waals surface area contributed by atoms with Crippen molar-refractivity contribution in [1.82, 2.24) is 5.32 Å². The number of aromatic hydroxyl groups is 1. The molecule has 0 bridgehead atoms. The number of nitrogens with one attached hydrogen (secondary N) is 1. The van der Waals surface area contributed by atoms with Crippen LogP contribution in [0.15, 0.2) is 36.4 Å². The van der Waals surface area contributed by atoms with E-state index < -0.39 is 0 Å². The first-order valence-electron chi connectivity index (χ1n) is 7.77. The smallest absolute Gasteiger partial charge is 0.120 e. The van der Waals surface area contributed by atoms with Crippen molar-refractivity contribution >= 4 is 10.8 Å². The summed E-state index contributed by atoms with van der Waals surface area (Å²) in [5, 5.41) is 24.9. The monoisotopic (exact) mass is 287 g/mol. The SMILES string of the molecule is CCCC(CCO)CNCc1c(O)ccc2ccccc12. The van der Waals surface area contributed by atoms with Crippen molar-refractivity contribution in [2.75, 3.05) is 13.2 Å². The second kappa shape index (κ2) is 8.01. The molecule has 0 radical (unpaired) electrons. The van der Waals surface area contributed by atoms with Gasteiger partial charge in [-0.3, -0.25) is 0 Å². The summed E-state index contributed by atoms with van der Waals surface area (Å²) in [5.41, 5.74) is 0.951. The molecule has 0 heterocycles. The van der Waals surface area contributed by atoms with Crippen LogP contribution in [0, 0.1) is 5.92 Å². The van der Waals surface area contributed by atoms with Crippen molar-refractivity contribution in [3.63, 3.8) is 0 Å². The molecule has 0 saturated carbocycles. The van der Waals surface area contributed by atoms with Gasteiger partial charge < -0.3 is 15.5 Å². The van der Waals surface area contributed by atoms with E-state index in [-0.39, 0.29) is 6.61 Å². The molecule has 0 aliphatic rings. The molecule has 1 atom stereocenters. The number of fused-ring (bicyclic) bond motifs is 1. The molecular formula is C18H25NO2. The standard InChI is InChI=1S/C18H25NO2/c1-2-5-14(10-11-20)12-19-13-17-16-7-4-3-6-15(16)8-9-18(17)21/h3-4,6-9,14,19-21H,2,5,10-13H2,1H3. The van der Waals surface area contributed by atoms with Gasteiger partial charge in [-0.05, 0) is 42.1 Å². The third-order valence-corrected chi connectivity index (χ3v) is 3.98. The second-order valence-electron chi connectivity index (χ2n) is 5.58. The Morgan fingerprint density at radius 2 is 1.90 bits per heavy atom. The van der Waals surface area contributed by atoms with Gasteiger partial charge in [-0.1, -0.05) is 43.7 Å². The zero-order chi connectivity index (χ0) is 15.1. The summed E-state index contributed by atoms with van der Waals surface area (Å²) < 4.78 is 0. The fourth-order valence-corrected chi connectivity index (χ4v) is 2.85. The summed E-state index contributed by atoms with van der Waals surface area (Å²) in [6.07, 6.45) is 3.09. The van der Waals surface area contributed by atoms with Gasteiger partial charge in [0, 0.05) is 18.7 Å². The van der Waals surface area contributed by atoms with Crippen molar-refractivity contribution in [3.05, 3.63) is 42.0 Å². The van der Waals surface area contributed by atoms with E-state index in [1.54, 1.807) is 6.07 Å². The van der Waals surface area contributed by atoms with Gasteiger partial charge >= 0.3 is 0 Å². The quantitative estimate of drug-likeness (QED) is 0.697. The number of aliphatic hydroxyl groups is 1. The molecule has 1 unspecified atom stereocenters. The summed E-state index contributed by atoms with van der Waals surface area (Å²) >= 11 is 0. The van der Waals surface area contributed by atoms with Crippen LogP contribution in [0.4, 0.5) is 0 Å². The van der Waals surface area contributed by atoms with Gasteiger partial charge in [-0.25, -0.2) is 0 Å². The van der Waals surface area contributed by atoms with E-state index in [0.29, 0.717) is 18.2 Å². The summed E-state index contributed by atoms with van der Waals surface area (Å²) in [6.45, 7) is 3.93. The van der Waals surface area contributed by atoms with Gasteiger partial charge in [-0.15, -0.1) is 0 Å². The predicted molar refractivity (Wildman–Crippen MR) is 87.4 cm³/mol. The molecule has 2 rings (SSSR count). The molecule has 21 heavy (non-hydrogen) atoms. The van der Waals surface area contributed by atoms with Crippen LogP contribution in [0.2, 0.25) is 0 Å². The molecule has 0 aliphatic heterocycles. The molecule has 0 saturated heterocycles. The third kappa shape index (κ3) is 4.19. The van der Waals surface area contributed by atoms with Gasteiger partial charge in [0.15, 0.2) is 0 Å². The van der Waals surface area contributed by atoms with E-state index in [1.165, 1.54) is 0 Å². The van der Waals surface area contributed by atoms with Gasteiger partial charge in [0.1, 0.15) is 5.75 Å². The Kier molecular flexibility index (Phi) is 6.03. The van der Waals surface area contributed by atoms with Crippen LogP contribution in [0.1, 0.15) is 31.7 Å². The van der Waals surface area contributed by atoms with E-state index in [2.05, 4.69) is 18.3 Å². The van der Waals surface area contributed by atoms with Gasteiger partial charge in [0.05, 0.1) is 0 Å². The molecule has 3 heteroatoms. The van der Waals surface area contributed by atoms with Gasteiger partial charge in [-0.2, -0.15) is 0 Å². The van der Waals surface area contributed by atoms with Crippen LogP contribution < -0.4 is 5.32 Å². The van der Waals surface area contributed by atoms with E-state index >= 15 is 0 Å². The van der Waals surface area contributed by atoms with Crippen LogP contribution in [0.3, 0.4) is 0 Å². The molecule has 0 fully saturated rings. The van der Waals surface area contributed by atoms with Crippen LogP contribution >= 0.6 is 0 Å². The first-order chi connectivity index (χ1) is 10.3. The molecule has 2 aromatic rings. The third-order valence-electron chi connectivity index (χ3n) is 3.98. The lowest BCUT2D eigenvalue weighted by Gasteiger charge is -2.16. The maximum absolute atomic E-state index is 10.1. The molecule has 3 N–H and O–H groups in total. The van der Waals surface area contributed by atoms with Gasteiger partial charge in [0.25, 0.3) is 0 Å². The van der Waals surface area contributed by atoms with Crippen molar-refractivity contribution < 1.29 is 10.2 Å². The minimum absolute atomic E-state index is 0.242. The molecule has 0 spiro atoms. The van der Waals surface area contributed by atoms with E-state index in [1.807, 2.05) is 24.3 Å². The number of phenols is 1. The van der Waals surface area contributed by atoms with E-state index in [0.717, 1.165) is 42.1 Å². The summed E-state index contributed by atoms with van der Waals surface area (Å²) in [7, 11) is 0. The highest BCUT2D eigenvalue weighted by Crippen LogP contribution is 2.27. The first kappa shape index (κ1) is 15.8. The number of hydrogen-bond acceptors (Lipinski definition) is 3. The highest BCUT2D eigenvalue weighted by molar-refractivity contribution is 5.87. The average Bonchev–Trinajstić information content (AvgIpc) is 2.50. The number of benzene rings is 2. The molecule has 0 aromatic heterocycles. The minimum atomic E-state index is 0.242. The summed E-state index contributed by atoms with van der Waals surface area (Å²) in [6, 6.07) is 11.8. The lowest BCUT2D eigenvalue weighted by atomic mass is 9.99. The Morgan fingerprint density at radius 3 is 2.67 bits per heavy atom. The van der Waals surface area contributed by atoms with E-state index in [9.17, 15) is 5.11 Å². The topological polar surface area (TPSA) is 52.5 Å². The molecule has 3 nitrogen and oxygen atoms in total. The Morgan fingerprint density at radius 1 is 1.10 bits per heavy atom. The minimum Gasteiger partial charge on any atom is -0.508 e. The lowest BCUT2D eigenvalue weighted by Crippen LogP contribution is -2.23. The molecule has 0 amide bonds. The fourth-order valence-electron chi connectivity index (χ4n) is 2.85. The van der Waals surface area contributed by atoms with Crippen molar-refractivity contribution in [2.24, 2.45) is 5.92 Å². The average molecular weight is 287 g/mol. The molecule has 114 valence electrons. The predicted octanol–water partition coefficient (Wildman–Crippen LogP) is 3.43. The normalized spacial score (nSPS) is 12.7. The Hall–Kier alpha value is -1.58. The lowest BCUT2D eigenvalue weighted by molar-refractivity contribution is 0.248. The molecule has 0 aliphatic carbocycles. The Bertz CT molecular complexity index is 562. The maximum atomic E-state index is 10.1. The number of aliphatic hydroxyl groups excluding tert-OH is 1. The van der Waals surface area contributed by atoms with Crippen LogP contribution in [-0.2, 0) is 6.54 Å². The highest BCUT2D eigenvalue weighted by Gasteiger charge is 2.09. The Balaban J connectivity index is 2.04. The Labute approximate surface area is 126 Å². The number of rotatable bonds is 8. The van der Waals surface area contributed by atoms with Crippen LogP contribution in [0.25, 0.3) is 10.8 Å². The highest BCUT2D eigenvalue weighted by atomic mass is 16.3. The van der Waals surface area contributed by atoms with Crippen molar-refractivity contribution in [1.29, 1.82) is 0 Å². The maximum Gasteiger partial charge on any atom is 0.120 e.